The first-order valence-electron chi connectivity index (χ1n) is 24.0. The minimum absolute atomic E-state index is 0.417. The normalized spacial score (nSPS) is 16.1. The van der Waals surface area contributed by atoms with Gasteiger partial charge in [0.15, 0.2) is 18.0 Å². The van der Waals surface area contributed by atoms with E-state index in [1.165, 1.54) is 0 Å². The van der Waals surface area contributed by atoms with Crippen molar-refractivity contribution in [2.24, 2.45) is 7.05 Å². The monoisotopic (exact) mass is 961 g/mol. The molecular formula is C52H53N18O2+. The Morgan fingerprint density at radius 2 is 1.00 bits per heavy atom. The van der Waals surface area contributed by atoms with Crippen LogP contribution in [-0.4, -0.2) is 126 Å². The van der Waals surface area contributed by atoms with E-state index >= 15 is 0 Å². The van der Waals surface area contributed by atoms with Crippen LogP contribution >= 0.6 is 0 Å². The Labute approximate surface area is 414 Å². The summed E-state index contributed by atoms with van der Waals surface area (Å²) in [5.74, 6) is 3.13. The summed E-state index contributed by atoms with van der Waals surface area (Å²) in [6.07, 6.45) is 22.3. The van der Waals surface area contributed by atoms with Gasteiger partial charge < -0.3 is 24.9 Å². The van der Waals surface area contributed by atoms with Crippen LogP contribution in [0.15, 0.2) is 147 Å². The smallest absolute Gasteiger partial charge is 0.253 e. The molecule has 2 aromatic carbocycles. The molecule has 0 aliphatic carbocycles. The van der Waals surface area contributed by atoms with Crippen molar-refractivity contribution in [3.05, 3.63) is 170 Å². The van der Waals surface area contributed by atoms with Crippen LogP contribution in [0.3, 0.4) is 0 Å². The molecule has 0 saturated carbocycles. The van der Waals surface area contributed by atoms with Gasteiger partial charge in [0.05, 0.1) is 44.8 Å². The lowest BCUT2D eigenvalue weighted by atomic mass is 9.90. The number of aryl methyl sites for hydroxylation is 1. The molecule has 2 aliphatic rings. The maximum Gasteiger partial charge on any atom is 0.253 e. The molecule has 2 saturated heterocycles. The summed E-state index contributed by atoms with van der Waals surface area (Å²) in [6, 6.07) is 23.4. The fraction of sp³-hybridized carbons (Fsp3) is 0.269. The Balaban J connectivity index is 0.758. The van der Waals surface area contributed by atoms with E-state index in [0.29, 0.717) is 69.0 Å². The number of piperazine rings is 2. The Hall–Kier alpha value is -8.62. The van der Waals surface area contributed by atoms with Crippen molar-refractivity contribution in [1.29, 1.82) is 0 Å². The number of aromatic nitrogens is 14. The first-order chi connectivity index (χ1) is 35.0. The van der Waals surface area contributed by atoms with E-state index in [1.54, 1.807) is 49.6 Å². The number of benzene rings is 2. The number of hydrogen-bond donors (Lipinski definition) is 2. The van der Waals surface area contributed by atoms with Crippen molar-refractivity contribution < 1.29 is 14.8 Å². The predicted molar refractivity (Wildman–Crippen MR) is 270 cm³/mol. The highest BCUT2D eigenvalue weighted by atomic mass is 16.3. The molecule has 362 valence electrons. The number of hydrogen-bond acceptors (Lipinski definition) is 15. The van der Waals surface area contributed by atoms with Crippen LogP contribution < -0.4 is 24.2 Å². The summed E-state index contributed by atoms with van der Waals surface area (Å²) in [5, 5.41) is 41.5. The number of rotatable bonds is 12. The second kappa shape index (κ2) is 18.0. The van der Waals surface area contributed by atoms with Gasteiger partial charge in [-0.1, -0.05) is 60.7 Å². The van der Waals surface area contributed by atoms with Gasteiger partial charge >= 0.3 is 0 Å². The minimum Gasteiger partial charge on any atom is -0.381 e. The molecule has 0 bridgehead atoms. The van der Waals surface area contributed by atoms with Crippen LogP contribution in [0, 0.1) is 0 Å². The van der Waals surface area contributed by atoms with E-state index < -0.39 is 11.2 Å². The summed E-state index contributed by atoms with van der Waals surface area (Å²) in [6.45, 7) is 9.60. The molecule has 2 fully saturated rings. The number of fused-ring (bicyclic) bond motifs is 2. The minimum atomic E-state index is -1.21. The van der Waals surface area contributed by atoms with Crippen LogP contribution in [0.1, 0.15) is 36.1 Å². The van der Waals surface area contributed by atoms with Crippen molar-refractivity contribution in [2.75, 3.05) is 72.0 Å². The highest BCUT2D eigenvalue weighted by Crippen LogP contribution is 2.32. The Bertz CT molecular complexity index is 3500. The summed E-state index contributed by atoms with van der Waals surface area (Å²) < 4.78 is 9.71. The van der Waals surface area contributed by atoms with Gasteiger partial charge in [-0.2, -0.15) is 19.8 Å². The molecule has 0 spiro atoms. The van der Waals surface area contributed by atoms with Crippen LogP contribution in [0.5, 0.6) is 0 Å². The maximum absolute atomic E-state index is 11.4. The van der Waals surface area contributed by atoms with Crippen molar-refractivity contribution in [1.82, 2.24) is 63.7 Å². The van der Waals surface area contributed by atoms with Crippen LogP contribution in [0.4, 0.5) is 23.5 Å². The first kappa shape index (κ1) is 44.6. The molecule has 2 N–H and O–H groups in total. The van der Waals surface area contributed by atoms with Gasteiger partial charge in [-0.05, 0) is 42.2 Å². The largest absolute Gasteiger partial charge is 0.381 e. The lowest BCUT2D eigenvalue weighted by molar-refractivity contribution is -0.693. The molecule has 72 heavy (non-hydrogen) atoms. The van der Waals surface area contributed by atoms with Crippen LogP contribution in [0.2, 0.25) is 0 Å². The Morgan fingerprint density at radius 3 is 1.56 bits per heavy atom. The molecule has 10 heterocycles. The summed E-state index contributed by atoms with van der Waals surface area (Å²) >= 11 is 0. The molecule has 2 atom stereocenters. The molecule has 0 radical (unpaired) electrons. The van der Waals surface area contributed by atoms with Gasteiger partial charge in [0.2, 0.25) is 11.9 Å². The average Bonchev–Trinajstić information content (AvgIpc) is 4.27. The fourth-order valence-electron chi connectivity index (χ4n) is 9.84. The van der Waals surface area contributed by atoms with Crippen molar-refractivity contribution in [2.45, 2.75) is 31.7 Å². The third-order valence-electron chi connectivity index (χ3n) is 14.1. The predicted octanol–water partition coefficient (Wildman–Crippen LogP) is 4.18. The van der Waals surface area contributed by atoms with E-state index in [9.17, 15) is 10.2 Å². The third-order valence-corrected chi connectivity index (χ3v) is 14.1. The zero-order valence-corrected chi connectivity index (χ0v) is 40.2. The second-order valence-corrected chi connectivity index (χ2v) is 18.8. The molecule has 20 nitrogen and oxygen atoms in total. The van der Waals surface area contributed by atoms with Gasteiger partial charge in [-0.3, -0.25) is 9.58 Å². The topological polar surface area (TPSA) is 192 Å². The van der Waals surface area contributed by atoms with Crippen LogP contribution in [0.25, 0.3) is 33.3 Å². The van der Waals surface area contributed by atoms with Gasteiger partial charge in [-0.15, -0.1) is 0 Å². The number of nitrogens with zero attached hydrogens (tertiary/aromatic N) is 18. The molecule has 12 rings (SSSR count). The summed E-state index contributed by atoms with van der Waals surface area (Å²) in [5.41, 5.74) is 6.26. The number of anilines is 4. The molecular weight excluding hydrogens is 909 g/mol. The summed E-state index contributed by atoms with van der Waals surface area (Å²) in [7, 11) is 1.92. The van der Waals surface area contributed by atoms with E-state index in [4.69, 9.17) is 25.1 Å². The SMILES string of the molecule is Cn1cc(-c2cc3c(N4CCN(c5ncc(C(C)(O)c6ccccc6)cn5)CC4)[n+](Cn4cc(-c5cc6c(N7CCN(c8ncc(C(C)(O)c9ccccc9)cn8)CC7)ncnn6c5)cn4)cnn3c2)cn1. The Kier molecular flexibility index (Phi) is 11.1. The van der Waals surface area contributed by atoms with E-state index in [1.807, 2.05) is 119 Å². The van der Waals surface area contributed by atoms with Crippen LogP contribution in [-0.2, 0) is 24.9 Å². The van der Waals surface area contributed by atoms with Gasteiger partial charge in [-0.25, -0.2) is 38.7 Å². The maximum atomic E-state index is 11.4. The molecule has 10 aromatic rings. The third kappa shape index (κ3) is 8.28. The van der Waals surface area contributed by atoms with Gasteiger partial charge in [0.1, 0.15) is 23.0 Å². The van der Waals surface area contributed by atoms with Crippen molar-refractivity contribution in [3.63, 3.8) is 0 Å². The lowest BCUT2D eigenvalue weighted by Crippen LogP contribution is -2.53. The molecule has 0 amide bonds. The van der Waals surface area contributed by atoms with Crippen molar-refractivity contribution >= 4 is 34.6 Å². The van der Waals surface area contributed by atoms with Crippen molar-refractivity contribution in [3.8, 4) is 22.3 Å². The highest BCUT2D eigenvalue weighted by molar-refractivity contribution is 5.78. The molecule has 8 aromatic heterocycles. The van der Waals surface area contributed by atoms with E-state index in [0.717, 1.165) is 69.1 Å². The quantitative estimate of drug-likeness (QED) is 0.166. The molecule has 2 unspecified atom stereocenters. The first-order valence-corrected chi connectivity index (χ1v) is 24.0. The van der Waals surface area contributed by atoms with E-state index in [2.05, 4.69) is 62.7 Å². The zero-order chi connectivity index (χ0) is 49.0. The zero-order valence-electron chi connectivity index (χ0n) is 40.2. The standard InChI is InChI=1S/C52H53N18O2/c1-51(71,41-10-6-4-7-11-41)43-26-53-49(54-27-43)65-18-14-63(15-19-65)47-45-22-37(32-69(45)60-34-57-47)40-25-59-68(31-40)36-67-35-61-70-33-38(39-24-58-62(3)30-39)23-46(70)48(67)64-16-20-66(21-17-64)50-55-28-44(29-56-50)52(2,72)42-12-8-5-9-13-42/h4-13,22-35,71-72H,14-21,36H2,1-3H3/q+1. The fourth-order valence-corrected chi connectivity index (χ4v) is 9.84. The average molecular weight is 962 g/mol. The molecule has 20 heteroatoms. The van der Waals surface area contributed by atoms with E-state index in [-0.39, 0.29) is 0 Å². The van der Waals surface area contributed by atoms with Gasteiger partial charge in [0.25, 0.3) is 12.1 Å². The summed E-state index contributed by atoms with van der Waals surface area (Å²) in [4.78, 5) is 32.6. The Morgan fingerprint density at radius 1 is 0.500 bits per heavy atom. The lowest BCUT2D eigenvalue weighted by Gasteiger charge is -2.35. The highest BCUT2D eigenvalue weighted by Gasteiger charge is 2.32. The second-order valence-electron chi connectivity index (χ2n) is 18.8. The molecule has 2 aliphatic heterocycles. The number of aliphatic hydroxyl groups is 2. The van der Waals surface area contributed by atoms with Gasteiger partial charge in [0, 0.05) is 110 Å².